The van der Waals surface area contributed by atoms with Gasteiger partial charge in [0.25, 0.3) is 0 Å². The number of alkyl halides is 3. The maximum atomic E-state index is 12.0. The Labute approximate surface area is 121 Å². The highest BCUT2D eigenvalue weighted by Gasteiger charge is 2.26. The molecule has 21 heavy (non-hydrogen) atoms. The summed E-state index contributed by atoms with van der Waals surface area (Å²) in [6.07, 6.45) is -5.70. The molecule has 0 aliphatic carbocycles. The van der Waals surface area contributed by atoms with Gasteiger partial charge in [-0.15, -0.1) is 0 Å². The fourth-order valence-electron chi connectivity index (χ4n) is 1.51. The third-order valence-corrected chi connectivity index (χ3v) is 3.93. The van der Waals surface area contributed by atoms with E-state index in [1.165, 1.54) is 18.2 Å². The first-order valence-corrected chi connectivity index (χ1v) is 7.50. The molecule has 0 saturated carbocycles. The first-order valence-electron chi connectivity index (χ1n) is 6.01. The molecule has 0 spiro atoms. The molecule has 1 rings (SSSR count). The van der Waals surface area contributed by atoms with Crippen LogP contribution in [0.2, 0.25) is 0 Å². The Balaban J connectivity index is 2.79. The van der Waals surface area contributed by atoms with E-state index in [1.807, 2.05) is 0 Å². The van der Waals surface area contributed by atoms with Crippen molar-refractivity contribution < 1.29 is 26.7 Å². The Kier molecular flexibility index (Phi) is 6.20. The highest BCUT2D eigenvalue weighted by molar-refractivity contribution is 7.89. The Morgan fingerprint density at radius 3 is 2.52 bits per heavy atom. The Bertz CT molecular complexity index is 630. The van der Waals surface area contributed by atoms with E-state index in [0.29, 0.717) is 0 Å². The first-order chi connectivity index (χ1) is 9.76. The lowest BCUT2D eigenvalue weighted by atomic mass is 10.2. The van der Waals surface area contributed by atoms with E-state index in [9.17, 15) is 21.6 Å². The van der Waals surface area contributed by atoms with Gasteiger partial charge in [0.2, 0.25) is 10.0 Å². The lowest BCUT2D eigenvalue weighted by Crippen LogP contribution is -2.26. The van der Waals surface area contributed by atoms with Crippen LogP contribution in [0.5, 0.6) is 0 Å². The minimum atomic E-state index is -4.31. The molecular formula is C13H14F3NO3S. The minimum Gasteiger partial charge on any atom is -0.384 e. The molecule has 0 atom stereocenters. The van der Waals surface area contributed by atoms with Gasteiger partial charge in [0.05, 0.1) is 4.90 Å². The predicted molar refractivity (Wildman–Crippen MR) is 70.9 cm³/mol. The number of nitrogens with one attached hydrogen (secondary N) is 1. The van der Waals surface area contributed by atoms with Crippen LogP contribution in [-0.2, 0) is 10.0 Å². The van der Waals surface area contributed by atoms with Gasteiger partial charge in [-0.3, -0.25) is 0 Å². The van der Waals surface area contributed by atoms with Gasteiger partial charge in [-0.05, 0) is 18.6 Å². The van der Waals surface area contributed by atoms with E-state index in [1.54, 1.807) is 6.07 Å². The van der Waals surface area contributed by atoms with E-state index in [2.05, 4.69) is 16.6 Å². The summed E-state index contributed by atoms with van der Waals surface area (Å²) >= 11 is 0. The zero-order valence-corrected chi connectivity index (χ0v) is 11.8. The van der Waals surface area contributed by atoms with E-state index >= 15 is 0 Å². The van der Waals surface area contributed by atoms with Crippen LogP contribution < -0.4 is 4.72 Å². The Hall–Kier alpha value is -1.56. The van der Waals surface area contributed by atoms with Crippen molar-refractivity contribution in [1.82, 2.24) is 4.72 Å². The number of rotatable bonds is 5. The average Bonchev–Trinajstić information content (AvgIpc) is 2.41. The molecule has 1 aromatic carbocycles. The highest BCUT2D eigenvalue weighted by atomic mass is 32.2. The summed E-state index contributed by atoms with van der Waals surface area (Å²) in [6.45, 7) is -0.739. The molecule has 0 fully saturated rings. The van der Waals surface area contributed by atoms with Crippen molar-refractivity contribution in [2.75, 3.05) is 13.2 Å². The second-order valence-corrected chi connectivity index (χ2v) is 5.81. The van der Waals surface area contributed by atoms with Gasteiger partial charge in [-0.1, -0.05) is 24.0 Å². The summed E-state index contributed by atoms with van der Waals surface area (Å²) in [5, 5.41) is 8.63. The predicted octanol–water partition coefficient (Wildman–Crippen LogP) is 1.65. The topological polar surface area (TPSA) is 66.4 Å². The first kappa shape index (κ1) is 17.5. The monoisotopic (exact) mass is 321 g/mol. The number of sulfonamides is 1. The summed E-state index contributed by atoms with van der Waals surface area (Å²) in [6, 6.07) is 5.80. The average molecular weight is 321 g/mol. The van der Waals surface area contributed by atoms with Crippen LogP contribution >= 0.6 is 0 Å². The summed E-state index contributed by atoms with van der Waals surface area (Å²) in [5.74, 6) is 4.81. The maximum Gasteiger partial charge on any atom is 0.389 e. The van der Waals surface area contributed by atoms with Gasteiger partial charge in [-0.25, -0.2) is 13.1 Å². The molecule has 0 saturated heterocycles. The number of hydrogen-bond acceptors (Lipinski definition) is 3. The van der Waals surface area contributed by atoms with Gasteiger partial charge in [0.15, 0.2) is 0 Å². The third kappa shape index (κ3) is 6.16. The molecule has 0 aliphatic heterocycles. The van der Waals surface area contributed by atoms with Gasteiger partial charge < -0.3 is 5.11 Å². The van der Waals surface area contributed by atoms with Crippen molar-refractivity contribution >= 4 is 10.0 Å². The fourth-order valence-corrected chi connectivity index (χ4v) is 2.75. The van der Waals surface area contributed by atoms with Crippen molar-refractivity contribution in [2.45, 2.75) is 23.9 Å². The quantitative estimate of drug-likeness (QED) is 0.640. The summed E-state index contributed by atoms with van der Waals surface area (Å²) in [7, 11) is -3.94. The summed E-state index contributed by atoms with van der Waals surface area (Å²) in [4.78, 5) is -0.127. The molecule has 0 radical (unpaired) electrons. The standard InChI is InChI=1S/C13H14F3NO3S/c14-13(15,16)8-4-9-17-21(19,20)12-7-2-1-5-11(12)6-3-10-18/h1-2,5,7,17-18H,4,8-10H2. The van der Waals surface area contributed by atoms with Gasteiger partial charge in [-0.2, -0.15) is 13.2 Å². The molecule has 0 bridgehead atoms. The molecule has 4 nitrogen and oxygen atoms in total. The van der Waals surface area contributed by atoms with Crippen LogP contribution in [0.1, 0.15) is 18.4 Å². The molecule has 0 amide bonds. The summed E-state index contributed by atoms with van der Waals surface area (Å²) in [5.41, 5.74) is 0.176. The molecule has 2 N–H and O–H groups in total. The summed E-state index contributed by atoms with van der Waals surface area (Å²) < 4.78 is 62.1. The van der Waals surface area contributed by atoms with Gasteiger partial charge in [0, 0.05) is 18.5 Å². The molecular weight excluding hydrogens is 307 g/mol. The number of benzene rings is 1. The second-order valence-electron chi connectivity index (χ2n) is 4.07. The van der Waals surface area contributed by atoms with Crippen molar-refractivity contribution in [2.24, 2.45) is 0 Å². The third-order valence-electron chi connectivity index (χ3n) is 2.41. The van der Waals surface area contributed by atoms with Crippen LogP contribution in [-0.4, -0.2) is 32.9 Å². The fraction of sp³-hybridized carbons (Fsp3) is 0.385. The van der Waals surface area contributed by atoms with Crippen LogP contribution in [0.15, 0.2) is 29.2 Å². The largest absolute Gasteiger partial charge is 0.389 e. The van der Waals surface area contributed by atoms with Crippen molar-refractivity contribution in [3.05, 3.63) is 29.8 Å². The van der Waals surface area contributed by atoms with Crippen LogP contribution in [0.3, 0.4) is 0 Å². The van der Waals surface area contributed by atoms with Crippen LogP contribution in [0.4, 0.5) is 13.2 Å². The van der Waals surface area contributed by atoms with Gasteiger partial charge in [0.1, 0.15) is 6.61 Å². The lowest BCUT2D eigenvalue weighted by Gasteiger charge is -2.09. The molecule has 116 valence electrons. The molecule has 8 heteroatoms. The van der Waals surface area contributed by atoms with E-state index < -0.39 is 29.2 Å². The molecule has 1 aromatic rings. The lowest BCUT2D eigenvalue weighted by molar-refractivity contribution is -0.135. The Morgan fingerprint density at radius 2 is 1.90 bits per heavy atom. The second kappa shape index (κ2) is 7.45. The van der Waals surface area contributed by atoms with Crippen molar-refractivity contribution in [3.63, 3.8) is 0 Å². The molecule has 0 heterocycles. The van der Waals surface area contributed by atoms with E-state index in [4.69, 9.17) is 5.11 Å². The number of halogens is 3. The highest BCUT2D eigenvalue weighted by Crippen LogP contribution is 2.21. The normalized spacial score (nSPS) is 11.8. The van der Waals surface area contributed by atoms with Crippen LogP contribution in [0, 0.1) is 11.8 Å². The van der Waals surface area contributed by atoms with E-state index in [0.717, 1.165) is 0 Å². The maximum absolute atomic E-state index is 12.0. The van der Waals surface area contributed by atoms with Crippen molar-refractivity contribution in [3.8, 4) is 11.8 Å². The smallest absolute Gasteiger partial charge is 0.384 e. The van der Waals surface area contributed by atoms with E-state index in [-0.39, 0.29) is 23.4 Å². The van der Waals surface area contributed by atoms with Crippen molar-refractivity contribution in [1.29, 1.82) is 0 Å². The molecule has 0 aromatic heterocycles. The van der Waals surface area contributed by atoms with Gasteiger partial charge >= 0.3 is 6.18 Å². The SMILES string of the molecule is O=S(=O)(NCCCC(F)(F)F)c1ccccc1C#CCO. The number of hydrogen-bond donors (Lipinski definition) is 2. The van der Waals surface area contributed by atoms with Crippen LogP contribution in [0.25, 0.3) is 0 Å². The zero-order valence-electron chi connectivity index (χ0n) is 10.9. The number of aliphatic hydroxyl groups is 1. The zero-order chi connectivity index (χ0) is 15.9. The molecule has 0 aliphatic rings. The number of aliphatic hydroxyl groups excluding tert-OH is 1. The Morgan fingerprint density at radius 1 is 1.24 bits per heavy atom. The minimum absolute atomic E-state index is 0.127. The molecule has 0 unspecified atom stereocenters.